The molecule has 0 aliphatic carbocycles. The van der Waals surface area contributed by atoms with E-state index in [0.717, 1.165) is 13.0 Å². The van der Waals surface area contributed by atoms with Crippen LogP contribution in [0.5, 0.6) is 0 Å². The zero-order chi connectivity index (χ0) is 13.9. The van der Waals surface area contributed by atoms with Gasteiger partial charge in [-0.25, -0.2) is 0 Å². The van der Waals surface area contributed by atoms with Gasteiger partial charge < -0.3 is 10.2 Å². The third kappa shape index (κ3) is 3.80. The van der Waals surface area contributed by atoms with Crippen molar-refractivity contribution in [3.05, 3.63) is 35.4 Å². The van der Waals surface area contributed by atoms with Crippen molar-refractivity contribution in [3.63, 3.8) is 0 Å². The molecule has 1 aromatic carbocycles. The van der Waals surface area contributed by atoms with Gasteiger partial charge in [-0.05, 0) is 56.8 Å². The van der Waals surface area contributed by atoms with Gasteiger partial charge in [0.2, 0.25) is 0 Å². The summed E-state index contributed by atoms with van der Waals surface area (Å²) in [6, 6.07) is 9.34. The van der Waals surface area contributed by atoms with Crippen molar-refractivity contribution in [1.82, 2.24) is 10.2 Å². The molecule has 0 bridgehead atoms. The van der Waals surface area contributed by atoms with Crippen LogP contribution in [-0.2, 0) is 6.42 Å². The molecule has 0 amide bonds. The third-order valence-electron chi connectivity index (χ3n) is 4.62. The number of aryl methyl sites for hydroxylation is 1. The van der Waals surface area contributed by atoms with E-state index in [9.17, 15) is 0 Å². The van der Waals surface area contributed by atoms with Crippen LogP contribution < -0.4 is 5.32 Å². The number of hydrogen-bond acceptors (Lipinski definition) is 2. The molecule has 19 heavy (non-hydrogen) atoms. The van der Waals surface area contributed by atoms with Gasteiger partial charge in [0.25, 0.3) is 0 Å². The molecule has 2 heteroatoms. The Balaban J connectivity index is 1.92. The highest BCUT2D eigenvalue weighted by atomic mass is 15.1. The van der Waals surface area contributed by atoms with Crippen molar-refractivity contribution in [2.24, 2.45) is 5.41 Å². The molecule has 0 spiro atoms. The average Bonchev–Trinajstić information content (AvgIpc) is 2.78. The number of nitrogens with zero attached hydrogens (tertiary/aromatic N) is 1. The number of nitrogens with one attached hydrogen (secondary N) is 1. The van der Waals surface area contributed by atoms with Gasteiger partial charge in [0.1, 0.15) is 0 Å². The van der Waals surface area contributed by atoms with Crippen LogP contribution in [0.25, 0.3) is 0 Å². The van der Waals surface area contributed by atoms with E-state index >= 15 is 0 Å². The molecule has 1 saturated heterocycles. The lowest BCUT2D eigenvalue weighted by Crippen LogP contribution is -2.40. The van der Waals surface area contributed by atoms with Crippen molar-refractivity contribution >= 4 is 0 Å². The fourth-order valence-electron chi connectivity index (χ4n) is 3.07. The molecule has 1 heterocycles. The van der Waals surface area contributed by atoms with Gasteiger partial charge in [-0.2, -0.15) is 0 Å². The maximum atomic E-state index is 3.49. The first kappa shape index (κ1) is 14.5. The van der Waals surface area contributed by atoms with Crippen LogP contribution in [-0.4, -0.2) is 37.6 Å². The fourth-order valence-corrected chi connectivity index (χ4v) is 3.07. The molecule has 2 atom stereocenters. The minimum atomic E-state index is 0.453. The molecule has 106 valence electrons. The smallest absolute Gasteiger partial charge is 0.0105 e. The number of hydrogen-bond donors (Lipinski definition) is 1. The number of benzene rings is 1. The minimum Gasteiger partial charge on any atom is -0.316 e. The lowest BCUT2D eigenvalue weighted by Gasteiger charge is -2.33. The van der Waals surface area contributed by atoms with Crippen LogP contribution in [0.4, 0.5) is 0 Å². The zero-order valence-corrected chi connectivity index (χ0v) is 12.9. The van der Waals surface area contributed by atoms with Crippen molar-refractivity contribution in [2.45, 2.75) is 39.7 Å². The molecule has 0 radical (unpaired) electrons. The third-order valence-corrected chi connectivity index (χ3v) is 4.62. The summed E-state index contributed by atoms with van der Waals surface area (Å²) < 4.78 is 0. The van der Waals surface area contributed by atoms with Gasteiger partial charge >= 0.3 is 0 Å². The maximum absolute atomic E-state index is 3.49. The lowest BCUT2D eigenvalue weighted by molar-refractivity contribution is 0.167. The Kier molecular flexibility index (Phi) is 4.64. The summed E-state index contributed by atoms with van der Waals surface area (Å²) in [5.41, 5.74) is 3.35. The van der Waals surface area contributed by atoms with E-state index in [0.29, 0.717) is 11.5 Å². The van der Waals surface area contributed by atoms with Gasteiger partial charge in [0.05, 0.1) is 0 Å². The Morgan fingerprint density at radius 3 is 2.74 bits per heavy atom. The molecule has 0 saturated carbocycles. The Labute approximate surface area is 118 Å². The summed E-state index contributed by atoms with van der Waals surface area (Å²) in [6.07, 6.45) is 2.45. The highest BCUT2D eigenvalue weighted by Gasteiger charge is 2.30. The molecule has 1 aliphatic rings. The van der Waals surface area contributed by atoms with Gasteiger partial charge in [-0.3, -0.25) is 0 Å². The summed E-state index contributed by atoms with van der Waals surface area (Å²) in [5.74, 6) is 0. The molecule has 1 fully saturated rings. The number of rotatable bonds is 5. The van der Waals surface area contributed by atoms with E-state index in [2.05, 4.69) is 62.3 Å². The molecular weight excluding hydrogens is 232 g/mol. The van der Waals surface area contributed by atoms with Crippen LogP contribution in [0.3, 0.4) is 0 Å². The first-order valence-corrected chi connectivity index (χ1v) is 7.46. The monoisotopic (exact) mass is 260 g/mol. The quantitative estimate of drug-likeness (QED) is 0.876. The summed E-state index contributed by atoms with van der Waals surface area (Å²) in [5, 5.41) is 3.49. The zero-order valence-electron chi connectivity index (χ0n) is 12.9. The normalized spacial score (nSPS) is 24.9. The maximum Gasteiger partial charge on any atom is 0.0105 e. The van der Waals surface area contributed by atoms with Gasteiger partial charge in [0, 0.05) is 19.1 Å². The second-order valence-electron chi connectivity index (χ2n) is 6.63. The second kappa shape index (κ2) is 6.06. The highest BCUT2D eigenvalue weighted by molar-refractivity contribution is 5.26. The second-order valence-corrected chi connectivity index (χ2v) is 6.63. The minimum absolute atomic E-state index is 0.453. The van der Waals surface area contributed by atoms with E-state index in [-0.39, 0.29) is 0 Å². The van der Waals surface area contributed by atoms with Crippen LogP contribution in [0.1, 0.15) is 31.4 Å². The topological polar surface area (TPSA) is 15.3 Å². The predicted molar refractivity (Wildman–Crippen MR) is 82.6 cm³/mol. The Morgan fingerprint density at radius 1 is 1.37 bits per heavy atom. The molecule has 2 rings (SSSR count). The molecule has 1 aliphatic heterocycles. The van der Waals surface area contributed by atoms with Crippen molar-refractivity contribution in [1.29, 1.82) is 0 Å². The average molecular weight is 260 g/mol. The number of likely N-dealkylation sites (N-methyl/N-ethyl adjacent to an activating group) is 1. The molecular formula is C17H28N2. The van der Waals surface area contributed by atoms with Crippen molar-refractivity contribution in [3.8, 4) is 0 Å². The first-order valence-electron chi connectivity index (χ1n) is 7.46. The Morgan fingerprint density at radius 2 is 2.11 bits per heavy atom. The van der Waals surface area contributed by atoms with E-state index in [1.165, 1.54) is 30.6 Å². The van der Waals surface area contributed by atoms with Gasteiger partial charge in [-0.1, -0.05) is 31.2 Å². The van der Waals surface area contributed by atoms with Crippen LogP contribution in [0.2, 0.25) is 0 Å². The van der Waals surface area contributed by atoms with Crippen LogP contribution in [0.15, 0.2) is 24.3 Å². The van der Waals surface area contributed by atoms with Gasteiger partial charge in [0.15, 0.2) is 0 Å². The van der Waals surface area contributed by atoms with Crippen LogP contribution >= 0.6 is 0 Å². The Bertz CT molecular complexity index is 407. The van der Waals surface area contributed by atoms with E-state index < -0.39 is 0 Å². The van der Waals surface area contributed by atoms with E-state index in [4.69, 9.17) is 0 Å². The molecule has 1 aromatic rings. The highest BCUT2D eigenvalue weighted by Crippen LogP contribution is 2.26. The summed E-state index contributed by atoms with van der Waals surface area (Å²) >= 11 is 0. The van der Waals surface area contributed by atoms with Crippen LogP contribution in [0, 0.1) is 12.3 Å². The Hall–Kier alpha value is -0.860. The summed E-state index contributed by atoms with van der Waals surface area (Å²) in [6.45, 7) is 10.5. The predicted octanol–water partition coefficient (Wildman–Crippen LogP) is 2.86. The van der Waals surface area contributed by atoms with Gasteiger partial charge in [-0.15, -0.1) is 0 Å². The van der Waals surface area contributed by atoms with Crippen molar-refractivity contribution in [2.75, 3.05) is 26.7 Å². The van der Waals surface area contributed by atoms with Crippen molar-refractivity contribution < 1.29 is 0 Å². The lowest BCUT2D eigenvalue weighted by atomic mass is 9.88. The van der Waals surface area contributed by atoms with E-state index in [1.54, 1.807) is 0 Å². The van der Waals surface area contributed by atoms with E-state index in [1.807, 2.05) is 0 Å². The molecule has 1 N–H and O–H groups in total. The summed E-state index contributed by atoms with van der Waals surface area (Å²) in [7, 11) is 2.27. The standard InChI is InChI=1S/C17H28N2/c1-14-7-5-6-8-16(14)11-15(2)19(4)13-17(3)9-10-18-12-17/h5-8,15,18H,9-13H2,1-4H3. The summed E-state index contributed by atoms with van der Waals surface area (Å²) in [4.78, 5) is 2.53. The first-order chi connectivity index (χ1) is 9.00. The molecule has 2 nitrogen and oxygen atoms in total. The largest absolute Gasteiger partial charge is 0.316 e. The fraction of sp³-hybridized carbons (Fsp3) is 0.647. The molecule has 2 unspecified atom stereocenters. The SMILES string of the molecule is Cc1ccccc1CC(C)N(C)CC1(C)CCNC1. The molecule has 0 aromatic heterocycles.